The molecule has 0 bridgehead atoms. The molecule has 102 valence electrons. The number of thiazole rings is 1. The van der Waals surface area contributed by atoms with Gasteiger partial charge in [-0.05, 0) is 32.9 Å². The molecule has 1 N–H and O–H groups in total. The molecule has 1 aromatic heterocycles. The molecule has 1 unspecified atom stereocenters. The SMILES string of the molecule is CCCNC(c1cc(C)ccc1F)c1scnc1C. The summed E-state index contributed by atoms with van der Waals surface area (Å²) in [6.45, 7) is 6.92. The van der Waals surface area contributed by atoms with Crippen LogP contribution in [0.4, 0.5) is 4.39 Å². The van der Waals surface area contributed by atoms with Gasteiger partial charge in [0.1, 0.15) is 5.82 Å². The summed E-state index contributed by atoms with van der Waals surface area (Å²) in [5, 5.41) is 3.43. The van der Waals surface area contributed by atoms with Gasteiger partial charge < -0.3 is 5.32 Å². The highest BCUT2D eigenvalue weighted by Crippen LogP contribution is 2.30. The summed E-state index contributed by atoms with van der Waals surface area (Å²) in [6.07, 6.45) is 1.02. The first kappa shape index (κ1) is 14.2. The number of aromatic nitrogens is 1. The van der Waals surface area contributed by atoms with Crippen LogP contribution in [0.25, 0.3) is 0 Å². The molecule has 0 aliphatic rings. The topological polar surface area (TPSA) is 24.9 Å². The summed E-state index contributed by atoms with van der Waals surface area (Å²) < 4.78 is 14.1. The van der Waals surface area contributed by atoms with Crippen LogP contribution in [0, 0.1) is 19.7 Å². The number of nitrogens with one attached hydrogen (secondary N) is 1. The molecule has 19 heavy (non-hydrogen) atoms. The second kappa shape index (κ2) is 6.26. The largest absolute Gasteiger partial charge is 0.305 e. The van der Waals surface area contributed by atoms with Crippen LogP contribution in [0.1, 0.15) is 41.1 Å². The molecule has 1 aromatic carbocycles. The van der Waals surface area contributed by atoms with Gasteiger partial charge in [-0.25, -0.2) is 9.37 Å². The van der Waals surface area contributed by atoms with Crippen LogP contribution < -0.4 is 5.32 Å². The van der Waals surface area contributed by atoms with Crippen molar-refractivity contribution in [3.8, 4) is 0 Å². The van der Waals surface area contributed by atoms with Crippen molar-refractivity contribution in [1.82, 2.24) is 10.3 Å². The van der Waals surface area contributed by atoms with Gasteiger partial charge in [0.25, 0.3) is 0 Å². The Morgan fingerprint density at radius 1 is 1.37 bits per heavy atom. The van der Waals surface area contributed by atoms with Gasteiger partial charge >= 0.3 is 0 Å². The molecule has 0 fully saturated rings. The number of hydrogen-bond acceptors (Lipinski definition) is 3. The lowest BCUT2D eigenvalue weighted by atomic mass is 10.0. The molecular weight excluding hydrogens is 259 g/mol. The zero-order valence-corrected chi connectivity index (χ0v) is 12.4. The lowest BCUT2D eigenvalue weighted by molar-refractivity contribution is 0.549. The third-order valence-electron chi connectivity index (χ3n) is 3.11. The molecule has 2 nitrogen and oxygen atoms in total. The molecule has 0 saturated carbocycles. The fraction of sp³-hybridized carbons (Fsp3) is 0.400. The summed E-state index contributed by atoms with van der Waals surface area (Å²) in [6, 6.07) is 5.16. The zero-order chi connectivity index (χ0) is 13.8. The van der Waals surface area contributed by atoms with Gasteiger partial charge in [-0.3, -0.25) is 0 Å². The smallest absolute Gasteiger partial charge is 0.128 e. The molecule has 0 amide bonds. The van der Waals surface area contributed by atoms with Gasteiger partial charge in [-0.2, -0.15) is 0 Å². The van der Waals surface area contributed by atoms with Crippen LogP contribution in [0.3, 0.4) is 0 Å². The fourth-order valence-corrected chi connectivity index (χ4v) is 3.00. The van der Waals surface area contributed by atoms with E-state index in [2.05, 4.69) is 17.2 Å². The minimum Gasteiger partial charge on any atom is -0.305 e. The second-order valence-corrected chi connectivity index (χ2v) is 5.60. The first-order valence-electron chi connectivity index (χ1n) is 6.53. The quantitative estimate of drug-likeness (QED) is 0.894. The van der Waals surface area contributed by atoms with Crippen LogP contribution in [-0.4, -0.2) is 11.5 Å². The Hall–Kier alpha value is -1.26. The van der Waals surface area contributed by atoms with Gasteiger partial charge in [0.15, 0.2) is 0 Å². The van der Waals surface area contributed by atoms with Crippen molar-refractivity contribution in [2.75, 3.05) is 6.54 Å². The van der Waals surface area contributed by atoms with E-state index in [1.165, 1.54) is 0 Å². The summed E-state index contributed by atoms with van der Waals surface area (Å²) in [5.41, 5.74) is 4.57. The summed E-state index contributed by atoms with van der Waals surface area (Å²) in [7, 11) is 0. The Balaban J connectivity index is 2.42. The molecule has 0 saturated heterocycles. The van der Waals surface area contributed by atoms with E-state index in [1.54, 1.807) is 23.5 Å². The Morgan fingerprint density at radius 2 is 2.16 bits per heavy atom. The standard InChI is InChI=1S/C15H19FN2S/c1-4-7-17-14(15-11(3)18-9-19-15)12-8-10(2)5-6-13(12)16/h5-6,8-9,14,17H,4,7H2,1-3H3. The van der Waals surface area contributed by atoms with Crippen LogP contribution in [0.2, 0.25) is 0 Å². The van der Waals surface area contributed by atoms with E-state index in [0.717, 1.165) is 29.1 Å². The van der Waals surface area contributed by atoms with Crippen molar-refractivity contribution in [2.24, 2.45) is 0 Å². The summed E-state index contributed by atoms with van der Waals surface area (Å²) >= 11 is 1.58. The van der Waals surface area contributed by atoms with E-state index in [4.69, 9.17) is 0 Å². The molecule has 4 heteroatoms. The molecular formula is C15H19FN2S. The van der Waals surface area contributed by atoms with E-state index >= 15 is 0 Å². The molecule has 2 aromatic rings. The van der Waals surface area contributed by atoms with E-state index in [-0.39, 0.29) is 11.9 Å². The zero-order valence-electron chi connectivity index (χ0n) is 11.5. The maximum absolute atomic E-state index is 14.1. The van der Waals surface area contributed by atoms with Crippen molar-refractivity contribution < 1.29 is 4.39 Å². The normalized spacial score (nSPS) is 12.6. The van der Waals surface area contributed by atoms with Gasteiger partial charge in [0.05, 0.1) is 17.2 Å². The van der Waals surface area contributed by atoms with Crippen molar-refractivity contribution >= 4 is 11.3 Å². The van der Waals surface area contributed by atoms with E-state index < -0.39 is 0 Å². The Kier molecular flexibility index (Phi) is 4.66. The highest BCUT2D eigenvalue weighted by atomic mass is 32.1. The predicted octanol–water partition coefficient (Wildman–Crippen LogP) is 3.99. The van der Waals surface area contributed by atoms with E-state index in [1.807, 2.05) is 25.4 Å². The van der Waals surface area contributed by atoms with E-state index in [9.17, 15) is 4.39 Å². The third-order valence-corrected chi connectivity index (χ3v) is 4.10. The molecule has 0 spiro atoms. The monoisotopic (exact) mass is 278 g/mol. The number of rotatable bonds is 5. The van der Waals surface area contributed by atoms with Crippen molar-refractivity contribution in [2.45, 2.75) is 33.2 Å². The second-order valence-electron chi connectivity index (χ2n) is 4.71. The van der Waals surface area contributed by atoms with Gasteiger partial charge in [-0.1, -0.05) is 24.6 Å². The van der Waals surface area contributed by atoms with Crippen LogP contribution >= 0.6 is 11.3 Å². The molecule has 2 rings (SSSR count). The van der Waals surface area contributed by atoms with Crippen LogP contribution in [-0.2, 0) is 0 Å². The molecule has 1 atom stereocenters. The Bertz CT molecular complexity index is 551. The van der Waals surface area contributed by atoms with Crippen molar-refractivity contribution in [1.29, 1.82) is 0 Å². The van der Waals surface area contributed by atoms with Crippen LogP contribution in [0.5, 0.6) is 0 Å². The number of benzene rings is 1. The summed E-state index contributed by atoms with van der Waals surface area (Å²) in [4.78, 5) is 5.37. The minimum atomic E-state index is -0.160. The van der Waals surface area contributed by atoms with Crippen molar-refractivity contribution in [3.63, 3.8) is 0 Å². The lowest BCUT2D eigenvalue weighted by Crippen LogP contribution is -2.24. The Labute approximate surface area is 117 Å². The van der Waals surface area contributed by atoms with Gasteiger partial charge in [-0.15, -0.1) is 11.3 Å². The first-order valence-corrected chi connectivity index (χ1v) is 7.40. The molecule has 0 aliphatic heterocycles. The van der Waals surface area contributed by atoms with E-state index in [0.29, 0.717) is 5.56 Å². The molecule has 0 radical (unpaired) electrons. The molecule has 0 aliphatic carbocycles. The predicted molar refractivity (Wildman–Crippen MR) is 78.1 cm³/mol. The van der Waals surface area contributed by atoms with Crippen LogP contribution in [0.15, 0.2) is 23.7 Å². The number of halogens is 1. The highest BCUT2D eigenvalue weighted by Gasteiger charge is 2.20. The van der Waals surface area contributed by atoms with Gasteiger partial charge in [0, 0.05) is 10.4 Å². The maximum Gasteiger partial charge on any atom is 0.128 e. The van der Waals surface area contributed by atoms with Crippen molar-refractivity contribution in [3.05, 3.63) is 51.2 Å². The average Bonchev–Trinajstić information content (AvgIpc) is 2.80. The number of nitrogens with zero attached hydrogens (tertiary/aromatic N) is 1. The Morgan fingerprint density at radius 3 is 2.79 bits per heavy atom. The van der Waals surface area contributed by atoms with Gasteiger partial charge in [0.2, 0.25) is 0 Å². The first-order chi connectivity index (χ1) is 9.13. The average molecular weight is 278 g/mol. The minimum absolute atomic E-state index is 0.104. The lowest BCUT2D eigenvalue weighted by Gasteiger charge is -2.19. The maximum atomic E-state index is 14.1. The highest BCUT2D eigenvalue weighted by molar-refractivity contribution is 7.09. The fourth-order valence-electron chi connectivity index (χ4n) is 2.10. The molecule has 1 heterocycles. The summed E-state index contributed by atoms with van der Waals surface area (Å²) in [5.74, 6) is -0.160. The number of hydrogen-bond donors (Lipinski definition) is 1. The third kappa shape index (κ3) is 3.19. The number of aryl methyl sites for hydroxylation is 2.